The lowest BCUT2D eigenvalue weighted by molar-refractivity contribution is 0.0284. The first-order valence-corrected chi connectivity index (χ1v) is 7.79. The summed E-state index contributed by atoms with van der Waals surface area (Å²) < 4.78 is 5.43. The molecule has 2 aliphatic heterocycles. The first-order valence-electron chi connectivity index (χ1n) is 7.79. The number of nitrogens with two attached hydrogens (primary N) is 1. The summed E-state index contributed by atoms with van der Waals surface area (Å²) in [5.41, 5.74) is 5.52. The third kappa shape index (κ3) is 4.63. The summed E-state index contributed by atoms with van der Waals surface area (Å²) in [6.45, 7) is 10.7. The predicted molar refractivity (Wildman–Crippen MR) is 79.6 cm³/mol. The highest BCUT2D eigenvalue weighted by Gasteiger charge is 2.31. The zero-order valence-electron chi connectivity index (χ0n) is 13.1. The van der Waals surface area contributed by atoms with E-state index in [1.54, 1.807) is 0 Å². The molecule has 0 aliphatic carbocycles. The molecule has 20 heavy (non-hydrogen) atoms. The molecule has 0 saturated carbocycles. The molecule has 2 heterocycles. The van der Waals surface area contributed by atoms with Gasteiger partial charge in [-0.1, -0.05) is 0 Å². The minimum Gasteiger partial charge on any atom is -0.444 e. The van der Waals surface area contributed by atoms with E-state index in [0.29, 0.717) is 12.0 Å². The van der Waals surface area contributed by atoms with Crippen molar-refractivity contribution in [2.24, 2.45) is 11.7 Å². The number of amides is 1. The smallest absolute Gasteiger partial charge is 0.410 e. The Morgan fingerprint density at radius 3 is 2.45 bits per heavy atom. The molecule has 0 spiro atoms. The number of carbonyl (C=O) groups is 1. The molecule has 0 aromatic carbocycles. The molecular weight excluding hydrogens is 254 g/mol. The summed E-state index contributed by atoms with van der Waals surface area (Å²) in [4.78, 5) is 16.4. The number of carbonyl (C=O) groups excluding carboxylic acids is 1. The van der Waals surface area contributed by atoms with Crippen LogP contribution in [-0.2, 0) is 4.74 Å². The Balaban J connectivity index is 1.73. The van der Waals surface area contributed by atoms with Gasteiger partial charge in [0.1, 0.15) is 5.60 Å². The second-order valence-electron chi connectivity index (χ2n) is 7.22. The summed E-state index contributed by atoms with van der Waals surface area (Å²) in [5.74, 6) is 0.580. The van der Waals surface area contributed by atoms with Crippen LogP contribution in [-0.4, -0.2) is 60.3 Å². The molecule has 5 nitrogen and oxygen atoms in total. The van der Waals surface area contributed by atoms with Gasteiger partial charge in [-0.15, -0.1) is 0 Å². The van der Waals surface area contributed by atoms with Gasteiger partial charge in [-0.3, -0.25) is 0 Å². The molecule has 0 aromatic rings. The van der Waals surface area contributed by atoms with Gasteiger partial charge < -0.3 is 20.3 Å². The monoisotopic (exact) mass is 283 g/mol. The van der Waals surface area contributed by atoms with Crippen molar-refractivity contribution < 1.29 is 9.53 Å². The lowest BCUT2D eigenvalue weighted by Gasteiger charge is -2.32. The van der Waals surface area contributed by atoms with Crippen LogP contribution in [0.25, 0.3) is 0 Å². The van der Waals surface area contributed by atoms with Crippen LogP contribution < -0.4 is 5.73 Å². The number of hydrogen-bond acceptors (Lipinski definition) is 4. The molecule has 2 fully saturated rings. The Hall–Kier alpha value is -0.810. The summed E-state index contributed by atoms with van der Waals surface area (Å²) in [7, 11) is 0. The van der Waals surface area contributed by atoms with E-state index in [1.165, 1.54) is 0 Å². The molecule has 2 saturated heterocycles. The van der Waals surface area contributed by atoms with Crippen molar-refractivity contribution in [1.82, 2.24) is 9.80 Å². The van der Waals surface area contributed by atoms with E-state index in [2.05, 4.69) is 4.90 Å². The second-order valence-corrected chi connectivity index (χ2v) is 7.22. The number of nitrogens with zero attached hydrogens (tertiary/aromatic N) is 2. The van der Waals surface area contributed by atoms with Crippen LogP contribution in [0.4, 0.5) is 4.79 Å². The van der Waals surface area contributed by atoms with Crippen LogP contribution in [0, 0.1) is 5.92 Å². The molecule has 2 rings (SSSR count). The third-order valence-corrected chi connectivity index (χ3v) is 4.09. The minimum atomic E-state index is -0.405. The van der Waals surface area contributed by atoms with Crippen molar-refractivity contribution in [3.05, 3.63) is 0 Å². The standard InChI is InChI=1S/C15H29N3O2/c1-15(2,3)20-14(19)18-9-4-12(11-18)10-17-7-5-13(16)6-8-17/h12-13H,4-11,16H2,1-3H3. The Kier molecular flexibility index (Phi) is 4.91. The zero-order valence-corrected chi connectivity index (χ0v) is 13.1. The van der Waals surface area contributed by atoms with Crippen LogP contribution in [0.5, 0.6) is 0 Å². The molecule has 1 unspecified atom stereocenters. The van der Waals surface area contributed by atoms with Crippen LogP contribution in [0.15, 0.2) is 0 Å². The number of hydrogen-bond donors (Lipinski definition) is 1. The maximum Gasteiger partial charge on any atom is 0.410 e. The average molecular weight is 283 g/mol. The normalized spacial score (nSPS) is 26.0. The maximum atomic E-state index is 12.0. The largest absolute Gasteiger partial charge is 0.444 e. The summed E-state index contributed by atoms with van der Waals surface area (Å²) >= 11 is 0. The molecule has 116 valence electrons. The second kappa shape index (κ2) is 6.31. The third-order valence-electron chi connectivity index (χ3n) is 4.09. The van der Waals surface area contributed by atoms with Gasteiger partial charge in [0.05, 0.1) is 0 Å². The lowest BCUT2D eigenvalue weighted by atomic mass is 10.0. The first-order chi connectivity index (χ1) is 9.33. The van der Waals surface area contributed by atoms with Gasteiger partial charge >= 0.3 is 6.09 Å². The minimum absolute atomic E-state index is 0.166. The van der Waals surface area contributed by atoms with E-state index in [4.69, 9.17) is 10.5 Å². The predicted octanol–water partition coefficient (Wildman–Crippen LogP) is 1.67. The van der Waals surface area contributed by atoms with E-state index in [-0.39, 0.29) is 6.09 Å². The van der Waals surface area contributed by atoms with Crippen molar-refractivity contribution in [2.75, 3.05) is 32.7 Å². The Morgan fingerprint density at radius 1 is 1.20 bits per heavy atom. The summed E-state index contributed by atoms with van der Waals surface area (Å²) in [6, 6.07) is 0.382. The van der Waals surface area contributed by atoms with Crippen LogP contribution in [0.2, 0.25) is 0 Å². The van der Waals surface area contributed by atoms with Gasteiger partial charge in [-0.2, -0.15) is 0 Å². The maximum absolute atomic E-state index is 12.0. The fraction of sp³-hybridized carbons (Fsp3) is 0.933. The van der Waals surface area contributed by atoms with Crippen LogP contribution in [0.1, 0.15) is 40.0 Å². The average Bonchev–Trinajstić information content (AvgIpc) is 2.79. The summed E-state index contributed by atoms with van der Waals surface area (Å²) in [6.07, 6.45) is 3.12. The van der Waals surface area contributed by atoms with Crippen LogP contribution >= 0.6 is 0 Å². The van der Waals surface area contributed by atoms with Gasteiger partial charge in [0.2, 0.25) is 0 Å². The fourth-order valence-electron chi connectivity index (χ4n) is 2.97. The van der Waals surface area contributed by atoms with Gasteiger partial charge in [0.15, 0.2) is 0 Å². The molecule has 5 heteroatoms. The number of piperidine rings is 1. The van der Waals surface area contributed by atoms with E-state index in [1.807, 2.05) is 25.7 Å². The van der Waals surface area contributed by atoms with Gasteiger partial charge in [0.25, 0.3) is 0 Å². The topological polar surface area (TPSA) is 58.8 Å². The summed E-state index contributed by atoms with van der Waals surface area (Å²) in [5, 5.41) is 0. The SMILES string of the molecule is CC(C)(C)OC(=O)N1CCC(CN2CCC(N)CC2)C1. The highest BCUT2D eigenvalue weighted by molar-refractivity contribution is 5.68. The van der Waals surface area contributed by atoms with Gasteiger partial charge in [-0.05, 0) is 59.0 Å². The van der Waals surface area contributed by atoms with Crippen molar-refractivity contribution in [2.45, 2.75) is 51.7 Å². The first kappa shape index (κ1) is 15.6. The van der Waals surface area contributed by atoms with Crippen molar-refractivity contribution in [3.63, 3.8) is 0 Å². The molecule has 2 N–H and O–H groups in total. The molecule has 2 aliphatic rings. The van der Waals surface area contributed by atoms with Gasteiger partial charge in [-0.25, -0.2) is 4.79 Å². The highest BCUT2D eigenvalue weighted by Crippen LogP contribution is 2.21. The van der Waals surface area contributed by atoms with Gasteiger partial charge in [0, 0.05) is 25.7 Å². The Morgan fingerprint density at radius 2 is 1.85 bits per heavy atom. The number of likely N-dealkylation sites (tertiary alicyclic amines) is 2. The van der Waals surface area contributed by atoms with E-state index >= 15 is 0 Å². The number of rotatable bonds is 2. The van der Waals surface area contributed by atoms with Crippen molar-refractivity contribution in [1.29, 1.82) is 0 Å². The molecule has 0 bridgehead atoms. The van der Waals surface area contributed by atoms with E-state index < -0.39 is 5.60 Å². The molecule has 1 amide bonds. The van der Waals surface area contributed by atoms with Crippen molar-refractivity contribution >= 4 is 6.09 Å². The highest BCUT2D eigenvalue weighted by atomic mass is 16.6. The van der Waals surface area contributed by atoms with Crippen molar-refractivity contribution in [3.8, 4) is 0 Å². The lowest BCUT2D eigenvalue weighted by Crippen LogP contribution is -2.42. The van der Waals surface area contributed by atoms with E-state index in [0.717, 1.165) is 52.0 Å². The molecule has 1 atom stereocenters. The fourth-order valence-corrected chi connectivity index (χ4v) is 2.97. The molecule has 0 radical (unpaired) electrons. The Labute approximate surface area is 122 Å². The zero-order chi connectivity index (χ0) is 14.8. The number of ether oxygens (including phenoxy) is 1. The Bertz CT molecular complexity index is 333. The van der Waals surface area contributed by atoms with E-state index in [9.17, 15) is 4.79 Å². The molecular formula is C15H29N3O2. The molecule has 0 aromatic heterocycles. The van der Waals surface area contributed by atoms with Crippen LogP contribution in [0.3, 0.4) is 0 Å². The quantitative estimate of drug-likeness (QED) is 0.837.